The van der Waals surface area contributed by atoms with Crippen LogP contribution in [-0.2, 0) is 11.3 Å². The zero-order valence-corrected chi connectivity index (χ0v) is 14.9. The minimum Gasteiger partial charge on any atom is -0.310 e. The predicted molar refractivity (Wildman–Crippen MR) is 97.7 cm³/mol. The van der Waals surface area contributed by atoms with E-state index in [9.17, 15) is 4.79 Å². The Hall–Kier alpha value is -1.65. The third-order valence-electron chi connectivity index (χ3n) is 7.04. The van der Waals surface area contributed by atoms with Gasteiger partial charge in [-0.3, -0.25) is 10.0 Å². The molecule has 4 bridgehead atoms. The van der Waals surface area contributed by atoms with Crippen molar-refractivity contribution >= 4 is 12.0 Å². The van der Waals surface area contributed by atoms with Gasteiger partial charge in [0.15, 0.2) is 0 Å². The quantitative estimate of drug-likeness (QED) is 0.422. The third kappa shape index (κ3) is 3.13. The number of amides is 1. The number of hydrogen-bond donors (Lipinski definition) is 3. The molecule has 4 nitrogen and oxygen atoms in total. The standard InChI is InChI=1S/C21H28N2O2/c1-14(21-11-17-8-18(12-21)10-19(21)9-17)22-13-16-4-2-15(3-5-16)6-7-20(24)23-25/h2-7,14,17-19,22,25H,8-13H2,1H3,(H,23,24)/b7-6+/t14?,17-,18+,19?,21?. The minimum atomic E-state index is -0.514. The van der Waals surface area contributed by atoms with Crippen molar-refractivity contribution in [3.05, 3.63) is 41.5 Å². The molecule has 4 fully saturated rings. The number of rotatable bonds is 6. The molecule has 0 aromatic heterocycles. The summed E-state index contributed by atoms with van der Waals surface area (Å²) in [5, 5.41) is 12.3. The van der Waals surface area contributed by atoms with Gasteiger partial charge in [0, 0.05) is 18.7 Å². The van der Waals surface area contributed by atoms with Crippen LogP contribution in [0.2, 0.25) is 0 Å². The Morgan fingerprint density at radius 1 is 1.24 bits per heavy atom. The first kappa shape index (κ1) is 16.8. The summed E-state index contributed by atoms with van der Waals surface area (Å²) >= 11 is 0. The Bertz CT molecular complexity index is 653. The molecule has 1 amide bonds. The first-order valence-corrected chi connectivity index (χ1v) is 9.53. The fourth-order valence-electron chi connectivity index (χ4n) is 6.00. The van der Waals surface area contributed by atoms with Gasteiger partial charge in [-0.05, 0) is 79.4 Å². The Kier molecular flexibility index (Phi) is 4.42. The Balaban J connectivity index is 1.34. The van der Waals surface area contributed by atoms with E-state index in [1.54, 1.807) is 11.6 Å². The number of hydrogen-bond acceptors (Lipinski definition) is 3. The Morgan fingerprint density at radius 2 is 1.92 bits per heavy atom. The first-order chi connectivity index (χ1) is 12.1. The van der Waals surface area contributed by atoms with Crippen LogP contribution in [0.15, 0.2) is 30.3 Å². The van der Waals surface area contributed by atoms with Crippen LogP contribution in [0, 0.1) is 23.2 Å². The van der Waals surface area contributed by atoms with Gasteiger partial charge in [-0.2, -0.15) is 0 Å². The van der Waals surface area contributed by atoms with Crippen LogP contribution in [0.1, 0.15) is 50.2 Å². The van der Waals surface area contributed by atoms with Crippen molar-refractivity contribution in [2.24, 2.45) is 23.2 Å². The van der Waals surface area contributed by atoms with Crippen molar-refractivity contribution in [1.82, 2.24) is 10.8 Å². The van der Waals surface area contributed by atoms with Gasteiger partial charge in [-0.15, -0.1) is 0 Å². The summed E-state index contributed by atoms with van der Waals surface area (Å²) < 4.78 is 0. The van der Waals surface area contributed by atoms with Gasteiger partial charge in [0.25, 0.3) is 5.91 Å². The summed E-state index contributed by atoms with van der Waals surface area (Å²) in [6.45, 7) is 3.29. The summed E-state index contributed by atoms with van der Waals surface area (Å²) in [7, 11) is 0. The second-order valence-corrected chi connectivity index (χ2v) is 8.43. The summed E-state index contributed by atoms with van der Waals surface area (Å²) in [6, 6.07) is 8.80. The van der Waals surface area contributed by atoms with Crippen molar-refractivity contribution in [2.45, 2.75) is 51.6 Å². The molecule has 0 spiro atoms. The molecule has 1 aromatic rings. The van der Waals surface area contributed by atoms with E-state index in [1.807, 2.05) is 12.1 Å². The maximum atomic E-state index is 11.0. The number of nitrogens with one attached hydrogen (secondary N) is 2. The van der Waals surface area contributed by atoms with E-state index in [2.05, 4.69) is 24.4 Å². The van der Waals surface area contributed by atoms with E-state index in [4.69, 9.17) is 5.21 Å². The van der Waals surface area contributed by atoms with Gasteiger partial charge in [0.2, 0.25) is 0 Å². The average molecular weight is 340 g/mol. The van der Waals surface area contributed by atoms with Gasteiger partial charge < -0.3 is 5.32 Å². The largest absolute Gasteiger partial charge is 0.310 e. The highest BCUT2D eigenvalue weighted by molar-refractivity contribution is 5.90. The van der Waals surface area contributed by atoms with Gasteiger partial charge >= 0.3 is 0 Å². The average Bonchev–Trinajstić information content (AvgIpc) is 3.03. The molecule has 134 valence electrons. The third-order valence-corrected chi connectivity index (χ3v) is 7.04. The van der Waals surface area contributed by atoms with Gasteiger partial charge in [0.1, 0.15) is 0 Å². The first-order valence-electron chi connectivity index (χ1n) is 9.53. The van der Waals surface area contributed by atoms with Gasteiger partial charge in [-0.1, -0.05) is 24.3 Å². The molecule has 0 aliphatic heterocycles. The molecule has 3 unspecified atom stereocenters. The zero-order valence-electron chi connectivity index (χ0n) is 14.9. The Labute approximate surface area is 149 Å². The Morgan fingerprint density at radius 3 is 2.56 bits per heavy atom. The highest BCUT2D eigenvalue weighted by Gasteiger charge is 2.59. The minimum absolute atomic E-state index is 0.514. The highest BCUT2D eigenvalue weighted by Crippen LogP contribution is 2.66. The molecular formula is C21H28N2O2. The van der Waals surface area contributed by atoms with Crippen molar-refractivity contribution in [3.8, 4) is 0 Å². The van der Waals surface area contributed by atoms with E-state index in [-0.39, 0.29) is 0 Å². The van der Waals surface area contributed by atoms with Crippen LogP contribution >= 0.6 is 0 Å². The topological polar surface area (TPSA) is 61.4 Å². The van der Waals surface area contributed by atoms with E-state index < -0.39 is 5.91 Å². The lowest BCUT2D eigenvalue weighted by Crippen LogP contribution is -2.44. The van der Waals surface area contributed by atoms with E-state index >= 15 is 0 Å². The molecule has 0 heterocycles. The van der Waals surface area contributed by atoms with Crippen LogP contribution in [-0.4, -0.2) is 17.2 Å². The molecule has 4 heteroatoms. The lowest BCUT2D eigenvalue weighted by molar-refractivity contribution is -0.124. The SMILES string of the molecule is CC(NCc1ccc(/C=C/C(=O)NO)cc1)C12C[C@@H]3CC1C[C@@H](C3)C2. The van der Waals surface area contributed by atoms with Crippen molar-refractivity contribution < 1.29 is 10.0 Å². The second kappa shape index (κ2) is 6.58. The summed E-state index contributed by atoms with van der Waals surface area (Å²) in [5.41, 5.74) is 4.38. The molecule has 25 heavy (non-hydrogen) atoms. The highest BCUT2D eigenvalue weighted by atomic mass is 16.5. The van der Waals surface area contributed by atoms with Crippen LogP contribution in [0.3, 0.4) is 0 Å². The monoisotopic (exact) mass is 340 g/mol. The number of carbonyl (C=O) groups excluding carboxylic acids is 1. The van der Waals surface area contributed by atoms with Crippen LogP contribution in [0.25, 0.3) is 6.08 Å². The smallest absolute Gasteiger partial charge is 0.267 e. The summed E-state index contributed by atoms with van der Waals surface area (Å²) in [4.78, 5) is 11.0. The molecule has 0 saturated heterocycles. The predicted octanol–water partition coefficient (Wildman–Crippen LogP) is 3.51. The summed E-state index contributed by atoms with van der Waals surface area (Å²) in [6.07, 6.45) is 10.3. The maximum absolute atomic E-state index is 11.0. The number of benzene rings is 1. The van der Waals surface area contributed by atoms with Crippen molar-refractivity contribution in [2.75, 3.05) is 0 Å². The fraction of sp³-hybridized carbons (Fsp3) is 0.571. The molecule has 4 saturated carbocycles. The van der Waals surface area contributed by atoms with Crippen LogP contribution < -0.4 is 10.8 Å². The maximum Gasteiger partial charge on any atom is 0.267 e. The second-order valence-electron chi connectivity index (χ2n) is 8.43. The molecule has 0 radical (unpaired) electrons. The molecular weight excluding hydrogens is 312 g/mol. The zero-order chi connectivity index (χ0) is 17.4. The van der Waals surface area contributed by atoms with Gasteiger partial charge in [0.05, 0.1) is 0 Å². The molecule has 5 rings (SSSR count). The van der Waals surface area contributed by atoms with Crippen molar-refractivity contribution in [1.29, 1.82) is 0 Å². The molecule has 4 aliphatic carbocycles. The van der Waals surface area contributed by atoms with E-state index in [0.29, 0.717) is 11.5 Å². The van der Waals surface area contributed by atoms with Crippen molar-refractivity contribution in [3.63, 3.8) is 0 Å². The van der Waals surface area contributed by atoms with E-state index in [1.165, 1.54) is 43.7 Å². The lowest BCUT2D eigenvalue weighted by atomic mass is 9.71. The molecule has 4 aliphatic rings. The molecule has 1 aromatic carbocycles. The summed E-state index contributed by atoms with van der Waals surface area (Å²) in [5.74, 6) is 2.45. The van der Waals surface area contributed by atoms with Crippen LogP contribution in [0.4, 0.5) is 0 Å². The van der Waals surface area contributed by atoms with Gasteiger partial charge in [-0.25, -0.2) is 5.48 Å². The van der Waals surface area contributed by atoms with Crippen LogP contribution in [0.5, 0.6) is 0 Å². The molecule has 3 N–H and O–H groups in total. The molecule has 5 atom stereocenters. The number of hydroxylamine groups is 1. The lowest BCUT2D eigenvalue weighted by Gasteiger charge is -2.39. The normalized spacial score (nSPS) is 33.9. The fourth-order valence-corrected chi connectivity index (χ4v) is 6.00. The van der Waals surface area contributed by atoms with E-state index in [0.717, 1.165) is 29.9 Å². The number of carbonyl (C=O) groups is 1.